The lowest BCUT2D eigenvalue weighted by Crippen LogP contribution is -2.29. The third-order valence-electron chi connectivity index (χ3n) is 4.15. The predicted octanol–water partition coefficient (Wildman–Crippen LogP) is 1.69. The number of aromatic hydroxyl groups is 1. The van der Waals surface area contributed by atoms with Crippen LogP contribution in [-0.4, -0.2) is 93.2 Å². The molecule has 0 fully saturated rings. The maximum atomic E-state index is 10.7. The van der Waals surface area contributed by atoms with Crippen LogP contribution < -0.4 is 0 Å². The van der Waals surface area contributed by atoms with Crippen LogP contribution in [0.25, 0.3) is 0 Å². The van der Waals surface area contributed by atoms with E-state index in [2.05, 4.69) is 80.9 Å². The van der Waals surface area contributed by atoms with E-state index in [1.165, 1.54) is 5.56 Å². The summed E-state index contributed by atoms with van der Waals surface area (Å²) in [5.41, 5.74) is 3.25. The minimum atomic E-state index is 0.453. The van der Waals surface area contributed by atoms with Crippen LogP contribution in [0.15, 0.2) is 12.1 Å². The second-order valence-electron chi connectivity index (χ2n) is 7.51. The van der Waals surface area contributed by atoms with Crippen LogP contribution in [0.3, 0.4) is 0 Å². The van der Waals surface area contributed by atoms with Crippen molar-refractivity contribution in [3.8, 4) is 5.75 Å². The second-order valence-corrected chi connectivity index (χ2v) is 7.51. The van der Waals surface area contributed by atoms with Gasteiger partial charge in [-0.1, -0.05) is 17.7 Å². The summed E-state index contributed by atoms with van der Waals surface area (Å²) in [5.74, 6) is 0.453. The molecule has 0 aromatic heterocycles. The van der Waals surface area contributed by atoms with Crippen molar-refractivity contribution in [2.75, 3.05) is 68.5 Å². The first kappa shape index (κ1) is 20.9. The normalized spacial score (nSPS) is 12.1. The van der Waals surface area contributed by atoms with Gasteiger partial charge in [-0.2, -0.15) is 0 Å². The number of hydrogen-bond acceptors (Lipinski definition) is 5. The summed E-state index contributed by atoms with van der Waals surface area (Å²) in [6.07, 6.45) is 0. The molecule has 1 rings (SSSR count). The number of phenolic OH excluding ortho intramolecular Hbond substituents is 1. The molecule has 0 amide bonds. The number of likely N-dealkylation sites (N-methyl/N-ethyl adjacent to an activating group) is 4. The zero-order valence-corrected chi connectivity index (χ0v) is 16.6. The van der Waals surface area contributed by atoms with Crippen molar-refractivity contribution >= 4 is 0 Å². The van der Waals surface area contributed by atoms with Crippen LogP contribution in [0.5, 0.6) is 5.75 Å². The van der Waals surface area contributed by atoms with Crippen LogP contribution in [0.4, 0.5) is 0 Å². The topological polar surface area (TPSA) is 33.2 Å². The van der Waals surface area contributed by atoms with Crippen molar-refractivity contribution in [2.45, 2.75) is 20.0 Å². The third kappa shape index (κ3) is 7.62. The van der Waals surface area contributed by atoms with Crippen molar-refractivity contribution in [1.82, 2.24) is 19.6 Å². The minimum Gasteiger partial charge on any atom is -0.507 e. The second kappa shape index (κ2) is 9.99. The zero-order chi connectivity index (χ0) is 18.3. The van der Waals surface area contributed by atoms with Gasteiger partial charge in [-0.05, 0) is 49.2 Å². The van der Waals surface area contributed by atoms with Crippen LogP contribution in [0.1, 0.15) is 16.7 Å². The quantitative estimate of drug-likeness (QED) is 0.703. The Morgan fingerprint density at radius 3 is 1.42 bits per heavy atom. The number of nitrogens with zero attached hydrogens (tertiary/aromatic N) is 4. The van der Waals surface area contributed by atoms with Gasteiger partial charge < -0.3 is 24.7 Å². The van der Waals surface area contributed by atoms with E-state index in [1.54, 1.807) is 0 Å². The first-order valence-electron chi connectivity index (χ1n) is 8.67. The molecular formula is C19H36N4O. The van der Waals surface area contributed by atoms with E-state index < -0.39 is 0 Å². The van der Waals surface area contributed by atoms with Gasteiger partial charge in [-0.15, -0.1) is 0 Å². The van der Waals surface area contributed by atoms with Gasteiger partial charge in [0, 0.05) is 50.4 Å². The van der Waals surface area contributed by atoms with Gasteiger partial charge in [0.25, 0.3) is 0 Å². The standard InChI is InChI=1S/C19H36N4O/c1-16-12-17(14-22(6)10-8-20(2)3)19(24)18(13-16)15-23(7)11-9-21(4)5/h12-13,24H,8-11,14-15H2,1-7H3. The Bertz CT molecular complexity index is 461. The lowest BCUT2D eigenvalue weighted by Gasteiger charge is -2.23. The molecule has 0 aliphatic heterocycles. The number of aryl methyl sites for hydroxylation is 1. The summed E-state index contributed by atoms with van der Waals surface area (Å²) >= 11 is 0. The molecule has 0 radical (unpaired) electrons. The molecule has 5 heteroatoms. The fraction of sp³-hybridized carbons (Fsp3) is 0.684. The minimum absolute atomic E-state index is 0.453. The Labute approximate surface area is 148 Å². The van der Waals surface area contributed by atoms with Crippen LogP contribution in [-0.2, 0) is 13.1 Å². The van der Waals surface area contributed by atoms with E-state index in [0.717, 1.165) is 50.4 Å². The number of benzene rings is 1. The highest BCUT2D eigenvalue weighted by molar-refractivity contribution is 5.43. The van der Waals surface area contributed by atoms with E-state index in [0.29, 0.717) is 5.75 Å². The number of rotatable bonds is 10. The van der Waals surface area contributed by atoms with Gasteiger partial charge >= 0.3 is 0 Å². The highest BCUT2D eigenvalue weighted by Gasteiger charge is 2.13. The fourth-order valence-corrected chi connectivity index (χ4v) is 2.66. The van der Waals surface area contributed by atoms with E-state index in [-0.39, 0.29) is 0 Å². The zero-order valence-electron chi connectivity index (χ0n) is 16.6. The average molecular weight is 337 g/mol. The molecule has 1 aromatic carbocycles. The van der Waals surface area contributed by atoms with Crippen LogP contribution in [0.2, 0.25) is 0 Å². The summed E-state index contributed by atoms with van der Waals surface area (Å²) in [6, 6.07) is 4.20. The van der Waals surface area contributed by atoms with Crippen LogP contribution >= 0.6 is 0 Å². The van der Waals surface area contributed by atoms with E-state index in [4.69, 9.17) is 0 Å². The highest BCUT2D eigenvalue weighted by atomic mass is 16.3. The molecule has 138 valence electrons. The van der Waals surface area contributed by atoms with Crippen molar-refractivity contribution in [1.29, 1.82) is 0 Å². The van der Waals surface area contributed by atoms with Gasteiger partial charge in [0.2, 0.25) is 0 Å². The monoisotopic (exact) mass is 336 g/mol. The average Bonchev–Trinajstić information content (AvgIpc) is 2.47. The number of hydrogen-bond donors (Lipinski definition) is 1. The lowest BCUT2D eigenvalue weighted by atomic mass is 10.0. The van der Waals surface area contributed by atoms with Gasteiger partial charge in [0.15, 0.2) is 0 Å². The van der Waals surface area contributed by atoms with Gasteiger partial charge in [0.05, 0.1) is 0 Å². The van der Waals surface area contributed by atoms with E-state index in [1.807, 2.05) is 0 Å². The Hall–Kier alpha value is -1.14. The van der Waals surface area contributed by atoms with Crippen molar-refractivity contribution in [2.24, 2.45) is 0 Å². The van der Waals surface area contributed by atoms with E-state index in [9.17, 15) is 5.11 Å². The lowest BCUT2D eigenvalue weighted by molar-refractivity contribution is 0.267. The molecule has 0 saturated heterocycles. The summed E-state index contributed by atoms with van der Waals surface area (Å²) < 4.78 is 0. The first-order chi connectivity index (χ1) is 11.2. The Balaban J connectivity index is 2.76. The fourth-order valence-electron chi connectivity index (χ4n) is 2.66. The molecule has 24 heavy (non-hydrogen) atoms. The molecule has 1 N–H and O–H groups in total. The first-order valence-corrected chi connectivity index (χ1v) is 8.67. The molecule has 0 bridgehead atoms. The number of phenols is 1. The molecule has 5 nitrogen and oxygen atoms in total. The smallest absolute Gasteiger partial charge is 0.124 e. The maximum absolute atomic E-state index is 10.7. The SMILES string of the molecule is Cc1cc(CN(C)CCN(C)C)c(O)c(CN(C)CCN(C)C)c1. The van der Waals surface area contributed by atoms with Crippen LogP contribution in [0, 0.1) is 6.92 Å². The summed E-state index contributed by atoms with van der Waals surface area (Å²) in [7, 11) is 12.5. The Morgan fingerprint density at radius 2 is 1.08 bits per heavy atom. The molecule has 0 atom stereocenters. The Morgan fingerprint density at radius 1 is 0.708 bits per heavy atom. The largest absolute Gasteiger partial charge is 0.507 e. The van der Waals surface area contributed by atoms with E-state index >= 15 is 0 Å². The third-order valence-corrected chi connectivity index (χ3v) is 4.15. The van der Waals surface area contributed by atoms with Crippen molar-refractivity contribution in [3.63, 3.8) is 0 Å². The molecule has 0 aliphatic carbocycles. The molecule has 0 spiro atoms. The summed E-state index contributed by atoms with van der Waals surface area (Å²) in [4.78, 5) is 8.87. The van der Waals surface area contributed by atoms with Gasteiger partial charge in [-0.25, -0.2) is 0 Å². The molecular weight excluding hydrogens is 300 g/mol. The van der Waals surface area contributed by atoms with Gasteiger partial charge in [-0.3, -0.25) is 0 Å². The molecule has 0 aliphatic rings. The highest BCUT2D eigenvalue weighted by Crippen LogP contribution is 2.26. The Kier molecular flexibility index (Phi) is 8.70. The summed E-state index contributed by atoms with van der Waals surface area (Å²) in [5, 5.41) is 10.7. The molecule has 1 aromatic rings. The van der Waals surface area contributed by atoms with Crippen molar-refractivity contribution < 1.29 is 5.11 Å². The maximum Gasteiger partial charge on any atom is 0.124 e. The molecule has 0 unspecified atom stereocenters. The van der Waals surface area contributed by atoms with Crippen molar-refractivity contribution in [3.05, 3.63) is 28.8 Å². The summed E-state index contributed by atoms with van der Waals surface area (Å²) in [6.45, 7) is 7.65. The molecule has 0 heterocycles. The predicted molar refractivity (Wildman–Crippen MR) is 103 cm³/mol. The van der Waals surface area contributed by atoms with Gasteiger partial charge in [0.1, 0.15) is 5.75 Å². The molecule has 0 saturated carbocycles.